The molecule has 0 unspecified atom stereocenters. The molecule has 0 aliphatic heterocycles. The van der Waals surface area contributed by atoms with Crippen molar-refractivity contribution in [3.8, 4) is 0 Å². The summed E-state index contributed by atoms with van der Waals surface area (Å²) in [6, 6.07) is 1.84. The maximum absolute atomic E-state index is 6.05. The number of imidazole rings is 1. The fourth-order valence-corrected chi connectivity index (χ4v) is 2.36. The Balaban J connectivity index is 2.69. The highest BCUT2D eigenvalue weighted by atomic mass is 14.9. The van der Waals surface area contributed by atoms with Crippen LogP contribution in [0.15, 0.2) is 12.3 Å². The van der Waals surface area contributed by atoms with Gasteiger partial charge in [-0.3, -0.25) is 4.98 Å². The fourth-order valence-electron chi connectivity index (χ4n) is 2.36. The van der Waals surface area contributed by atoms with Gasteiger partial charge in [0.2, 0.25) is 0 Å². The van der Waals surface area contributed by atoms with Gasteiger partial charge < -0.3 is 10.7 Å². The molecule has 4 heteroatoms. The Hall–Kier alpha value is -2.10. The Bertz CT molecular complexity index is 740. The highest BCUT2D eigenvalue weighted by Gasteiger charge is 2.14. The van der Waals surface area contributed by atoms with E-state index >= 15 is 0 Å². The van der Waals surface area contributed by atoms with E-state index in [-0.39, 0.29) is 0 Å². The molecule has 0 aliphatic carbocycles. The number of hydrogen-bond acceptors (Lipinski definition) is 3. The van der Waals surface area contributed by atoms with Gasteiger partial charge in [-0.15, -0.1) is 0 Å². The van der Waals surface area contributed by atoms with Crippen LogP contribution in [-0.4, -0.2) is 15.0 Å². The van der Waals surface area contributed by atoms with E-state index < -0.39 is 0 Å². The van der Waals surface area contributed by atoms with Crippen molar-refractivity contribution < 1.29 is 0 Å². The molecule has 0 saturated heterocycles. The highest BCUT2D eigenvalue weighted by Crippen LogP contribution is 2.32. The Morgan fingerprint density at radius 3 is 2.65 bits per heavy atom. The van der Waals surface area contributed by atoms with Crippen molar-refractivity contribution in [2.24, 2.45) is 0 Å². The van der Waals surface area contributed by atoms with Crippen LogP contribution in [0.1, 0.15) is 17.0 Å². The number of rotatable bonds is 0. The zero-order chi connectivity index (χ0) is 12.2. The van der Waals surface area contributed by atoms with E-state index in [0.29, 0.717) is 0 Å². The minimum atomic E-state index is 0.768. The summed E-state index contributed by atoms with van der Waals surface area (Å²) < 4.78 is 0. The summed E-state index contributed by atoms with van der Waals surface area (Å²) in [5.74, 6) is 0.902. The van der Waals surface area contributed by atoms with Crippen molar-refractivity contribution in [3.05, 3.63) is 29.2 Å². The topological polar surface area (TPSA) is 67.6 Å². The number of nitrogens with one attached hydrogen (secondary N) is 1. The quantitative estimate of drug-likeness (QED) is 0.619. The number of aromatic amines is 1. The van der Waals surface area contributed by atoms with Crippen molar-refractivity contribution in [2.45, 2.75) is 20.8 Å². The molecule has 17 heavy (non-hydrogen) atoms. The van der Waals surface area contributed by atoms with Crippen LogP contribution >= 0.6 is 0 Å². The van der Waals surface area contributed by atoms with Crippen molar-refractivity contribution in [2.75, 3.05) is 5.73 Å². The lowest BCUT2D eigenvalue weighted by Gasteiger charge is -2.09. The third kappa shape index (κ3) is 1.24. The zero-order valence-electron chi connectivity index (χ0n) is 10.1. The van der Waals surface area contributed by atoms with Crippen LogP contribution in [0.3, 0.4) is 0 Å². The predicted molar refractivity (Wildman–Crippen MR) is 70.0 cm³/mol. The van der Waals surface area contributed by atoms with Gasteiger partial charge in [-0.05, 0) is 38.0 Å². The smallest absolute Gasteiger partial charge is 0.104 e. The number of pyridine rings is 1. The first-order chi connectivity index (χ1) is 8.09. The summed E-state index contributed by atoms with van der Waals surface area (Å²) in [5, 5.41) is 1.03. The van der Waals surface area contributed by atoms with E-state index in [4.69, 9.17) is 5.73 Å². The van der Waals surface area contributed by atoms with Gasteiger partial charge in [0.05, 0.1) is 16.6 Å². The molecule has 0 fully saturated rings. The van der Waals surface area contributed by atoms with Crippen LogP contribution in [0, 0.1) is 20.8 Å². The molecule has 2 aromatic heterocycles. The van der Waals surface area contributed by atoms with Crippen LogP contribution < -0.4 is 5.73 Å². The molecular weight excluding hydrogens is 212 g/mol. The average Bonchev–Trinajstić information content (AvgIpc) is 2.68. The minimum absolute atomic E-state index is 0.768. The highest BCUT2D eigenvalue weighted by molar-refractivity contribution is 6.09. The third-order valence-corrected chi connectivity index (χ3v) is 3.33. The van der Waals surface area contributed by atoms with E-state index in [1.54, 1.807) is 6.20 Å². The molecule has 3 aromatic rings. The van der Waals surface area contributed by atoms with Crippen molar-refractivity contribution in [3.63, 3.8) is 0 Å². The van der Waals surface area contributed by atoms with Gasteiger partial charge >= 0.3 is 0 Å². The lowest BCUT2D eigenvalue weighted by atomic mass is 10.0. The number of nitrogens with zero attached hydrogens (tertiary/aromatic N) is 2. The molecule has 0 bridgehead atoms. The first-order valence-corrected chi connectivity index (χ1v) is 5.59. The molecule has 1 aromatic carbocycles. The second-order valence-corrected chi connectivity index (χ2v) is 4.42. The summed E-state index contributed by atoms with van der Waals surface area (Å²) >= 11 is 0. The molecule has 3 N–H and O–H groups in total. The molecule has 0 amide bonds. The summed E-state index contributed by atoms with van der Waals surface area (Å²) in [6.45, 7) is 6.09. The SMILES string of the molecule is Cc1nc2c(C)c(C)c3c(N)ccnc3c2[nH]1. The monoisotopic (exact) mass is 226 g/mol. The maximum atomic E-state index is 6.05. The number of anilines is 1. The van der Waals surface area contributed by atoms with E-state index in [9.17, 15) is 0 Å². The molecule has 0 saturated carbocycles. The molecule has 4 nitrogen and oxygen atoms in total. The second kappa shape index (κ2) is 3.20. The standard InChI is InChI=1S/C13H14N4/c1-6-7(2)11-13(17-8(3)16-11)12-10(6)9(14)4-5-15-12/h4-5H,1-3H3,(H2,14,15)(H,16,17). The van der Waals surface area contributed by atoms with Gasteiger partial charge in [-0.2, -0.15) is 0 Å². The van der Waals surface area contributed by atoms with E-state index in [2.05, 4.69) is 28.8 Å². The normalized spacial score (nSPS) is 11.5. The predicted octanol–water partition coefficient (Wildman–Crippen LogP) is 2.62. The van der Waals surface area contributed by atoms with E-state index in [0.717, 1.165) is 44.6 Å². The molecule has 2 heterocycles. The minimum Gasteiger partial charge on any atom is -0.398 e. The number of nitrogen functional groups attached to an aromatic ring is 1. The van der Waals surface area contributed by atoms with Gasteiger partial charge in [0.25, 0.3) is 0 Å². The van der Waals surface area contributed by atoms with Gasteiger partial charge in [0, 0.05) is 17.3 Å². The number of H-pyrrole nitrogens is 1. The third-order valence-electron chi connectivity index (χ3n) is 3.33. The summed E-state index contributed by atoms with van der Waals surface area (Å²) in [5.41, 5.74) is 12.0. The van der Waals surface area contributed by atoms with Crippen molar-refractivity contribution >= 4 is 27.6 Å². The average molecular weight is 226 g/mol. The molecule has 86 valence electrons. The molecule has 0 radical (unpaired) electrons. The first-order valence-electron chi connectivity index (χ1n) is 5.59. The Morgan fingerprint density at radius 2 is 1.88 bits per heavy atom. The maximum Gasteiger partial charge on any atom is 0.104 e. The van der Waals surface area contributed by atoms with Gasteiger partial charge in [-0.1, -0.05) is 0 Å². The second-order valence-electron chi connectivity index (χ2n) is 4.42. The molecule has 0 aliphatic rings. The number of aromatic nitrogens is 3. The van der Waals surface area contributed by atoms with Gasteiger partial charge in [0.1, 0.15) is 5.82 Å². The van der Waals surface area contributed by atoms with Gasteiger partial charge in [0.15, 0.2) is 0 Å². The van der Waals surface area contributed by atoms with Crippen LogP contribution in [0.25, 0.3) is 21.9 Å². The summed E-state index contributed by atoms with van der Waals surface area (Å²) in [7, 11) is 0. The largest absolute Gasteiger partial charge is 0.398 e. The zero-order valence-corrected chi connectivity index (χ0v) is 10.1. The van der Waals surface area contributed by atoms with Crippen LogP contribution in [0.5, 0.6) is 0 Å². The Kier molecular flexibility index (Phi) is 1.90. The number of fused-ring (bicyclic) bond motifs is 3. The molecule has 0 atom stereocenters. The van der Waals surface area contributed by atoms with Crippen molar-refractivity contribution in [1.29, 1.82) is 0 Å². The van der Waals surface area contributed by atoms with E-state index in [1.165, 1.54) is 0 Å². The van der Waals surface area contributed by atoms with Crippen molar-refractivity contribution in [1.82, 2.24) is 15.0 Å². The lowest BCUT2D eigenvalue weighted by molar-refractivity contribution is 1.17. The molecular formula is C13H14N4. The molecule has 0 spiro atoms. The number of benzene rings is 1. The van der Waals surface area contributed by atoms with Crippen LogP contribution in [-0.2, 0) is 0 Å². The van der Waals surface area contributed by atoms with Crippen LogP contribution in [0.4, 0.5) is 5.69 Å². The number of nitrogens with two attached hydrogens (primary N) is 1. The summed E-state index contributed by atoms with van der Waals surface area (Å²) in [4.78, 5) is 12.2. The van der Waals surface area contributed by atoms with E-state index in [1.807, 2.05) is 13.0 Å². The number of hydrogen-bond donors (Lipinski definition) is 2. The first kappa shape index (κ1) is 10.1. The Labute approximate surface area is 98.9 Å². The van der Waals surface area contributed by atoms with Crippen LogP contribution in [0.2, 0.25) is 0 Å². The Morgan fingerprint density at radius 1 is 1.12 bits per heavy atom. The lowest BCUT2D eigenvalue weighted by Crippen LogP contribution is -1.95. The molecule has 3 rings (SSSR count). The van der Waals surface area contributed by atoms with Gasteiger partial charge in [-0.25, -0.2) is 4.98 Å². The fraction of sp³-hybridized carbons (Fsp3) is 0.231. The summed E-state index contributed by atoms with van der Waals surface area (Å²) in [6.07, 6.45) is 1.74. The number of aryl methyl sites for hydroxylation is 3.